The number of ether oxygens (including phenoxy) is 1. The lowest BCUT2D eigenvalue weighted by Crippen LogP contribution is -2.31. The van der Waals surface area contributed by atoms with Crippen LogP contribution in [-0.4, -0.2) is 28.1 Å². The van der Waals surface area contributed by atoms with E-state index in [0.717, 1.165) is 66.3 Å². The molecule has 8 heteroatoms. The fraction of sp³-hybridized carbons (Fsp3) is 0.0563. The van der Waals surface area contributed by atoms with Crippen molar-refractivity contribution in [1.29, 1.82) is 0 Å². The summed E-state index contributed by atoms with van der Waals surface area (Å²) in [7, 11) is 0. The first-order valence-electron chi connectivity index (χ1n) is 31.0. The predicted octanol–water partition coefficient (Wildman–Crippen LogP) is 17.0. The minimum Gasteiger partial charge on any atom is -0.458 e. The van der Waals surface area contributed by atoms with Gasteiger partial charge in [0.25, 0.3) is 6.33 Å². The summed E-state index contributed by atoms with van der Waals surface area (Å²) in [6.45, 7) is 6.54. The Morgan fingerprint density at radius 2 is 1.19 bits per heavy atom. The smallest absolute Gasteiger partial charge is 0.269 e. The van der Waals surface area contributed by atoms with Crippen molar-refractivity contribution in [1.82, 2.24) is 28.1 Å². The average Bonchev–Trinajstić information content (AvgIpc) is 1.58. The Labute approximate surface area is 470 Å². The summed E-state index contributed by atoms with van der Waals surface area (Å²) < 4.78 is 106. The van der Waals surface area contributed by atoms with Gasteiger partial charge in [0.1, 0.15) is 22.8 Å². The molecule has 0 bridgehead atoms. The van der Waals surface area contributed by atoms with Crippen molar-refractivity contribution in [2.24, 2.45) is 0 Å². The molecule has 0 amide bonds. The second kappa shape index (κ2) is 18.2. The second-order valence-corrected chi connectivity index (χ2v) is 20.5. The van der Waals surface area contributed by atoms with Gasteiger partial charge in [-0.25, -0.2) is 9.97 Å². The molecule has 0 saturated heterocycles. The van der Waals surface area contributed by atoms with Gasteiger partial charge in [0, 0.05) is 28.7 Å². The summed E-state index contributed by atoms with van der Waals surface area (Å²) >= 11 is 0. The topological polar surface area (TPSA) is 58.1 Å². The number of benzene rings is 10. The van der Waals surface area contributed by atoms with Crippen LogP contribution in [0.15, 0.2) is 255 Å². The van der Waals surface area contributed by atoms with Gasteiger partial charge in [0.15, 0.2) is 0 Å². The van der Waals surface area contributed by atoms with Crippen LogP contribution in [0.2, 0.25) is 0 Å². The molecular formula is C71H51N7O. The number of hydrogen-bond donors (Lipinski definition) is 0. The van der Waals surface area contributed by atoms with Crippen LogP contribution in [0, 0.1) is 6.33 Å². The number of aromatic nitrogens is 7. The van der Waals surface area contributed by atoms with Crippen LogP contribution in [0.3, 0.4) is 0 Å². The maximum absolute atomic E-state index is 9.21. The Balaban J connectivity index is 0.928. The summed E-state index contributed by atoms with van der Waals surface area (Å²) in [4.78, 5) is 10.6. The highest BCUT2D eigenvalue weighted by Crippen LogP contribution is 2.41. The van der Waals surface area contributed by atoms with Gasteiger partial charge < -0.3 is 9.30 Å². The van der Waals surface area contributed by atoms with Crippen molar-refractivity contribution in [3.63, 3.8) is 0 Å². The van der Waals surface area contributed by atoms with E-state index in [4.69, 9.17) is 22.9 Å². The fourth-order valence-corrected chi connectivity index (χ4v) is 11.1. The maximum atomic E-state index is 9.21. The van der Waals surface area contributed by atoms with Crippen molar-refractivity contribution >= 4 is 60.7 Å². The number of imidazole rings is 3. The summed E-state index contributed by atoms with van der Waals surface area (Å²) in [6, 6.07) is 55.9. The minimum absolute atomic E-state index is 0.139. The van der Waals surface area contributed by atoms with Gasteiger partial charge in [-0.1, -0.05) is 184 Å². The van der Waals surface area contributed by atoms with E-state index in [1.54, 1.807) is 22.8 Å². The molecular weight excluding hydrogens is 967 g/mol. The molecule has 8 nitrogen and oxygen atoms in total. The van der Waals surface area contributed by atoms with Gasteiger partial charge in [0.05, 0.1) is 63.7 Å². The van der Waals surface area contributed by atoms with E-state index in [0.29, 0.717) is 39.8 Å². The first-order chi connectivity index (χ1) is 43.0. The standard InChI is InChI=1S/C71H51N7O/c1-71(2,3)51-40-41-72-66(43-51)78-65-45-55(35-38-62(65)77-63-39-36-59-58-30-16-17-33-60(58)76(52-26-14-7-15-27-52)69(59)67(63)73-70(77)78)79-54-29-18-28-53(44-54)74-46-75(61-37-34-50(42-64(61)74)47-20-8-4-9-21-47)68-56(48-22-10-5-11-23-48)31-19-32-57(68)49-24-12-6-13-25-49/h4-45H,1-3H3/i5D,6D,10D,11D,12D,13D,22D,23D,24D,25D. The number of nitrogens with zero attached hydrogens (tertiary/aromatic N) is 7. The monoisotopic (exact) mass is 1030 g/mol. The van der Waals surface area contributed by atoms with Crippen LogP contribution < -0.4 is 9.30 Å². The summed E-state index contributed by atoms with van der Waals surface area (Å²) in [6.07, 6.45) is 5.39. The van der Waals surface area contributed by atoms with E-state index < -0.39 is 60.4 Å². The highest BCUT2D eigenvalue weighted by atomic mass is 16.5. The van der Waals surface area contributed by atoms with Crippen molar-refractivity contribution in [3.05, 3.63) is 267 Å². The first kappa shape index (κ1) is 36.6. The molecule has 0 aliphatic rings. The lowest BCUT2D eigenvalue weighted by Gasteiger charge is -2.19. The molecule has 0 N–H and O–H groups in total. The maximum Gasteiger partial charge on any atom is 0.269 e. The van der Waals surface area contributed by atoms with Crippen molar-refractivity contribution in [2.75, 3.05) is 0 Å². The Morgan fingerprint density at radius 3 is 1.95 bits per heavy atom. The lowest BCUT2D eigenvalue weighted by atomic mass is 9.88. The number of fused-ring (bicyclic) bond motifs is 10. The van der Waals surface area contributed by atoms with E-state index in [9.17, 15) is 5.48 Å². The molecule has 0 spiro atoms. The first-order valence-corrected chi connectivity index (χ1v) is 26.0. The predicted molar refractivity (Wildman–Crippen MR) is 320 cm³/mol. The summed E-state index contributed by atoms with van der Waals surface area (Å²) in [5, 5.41) is 2.22. The molecule has 0 radical (unpaired) electrons. The normalized spacial score (nSPS) is 13.8. The zero-order valence-electron chi connectivity index (χ0n) is 53.0. The van der Waals surface area contributed by atoms with Gasteiger partial charge in [0.2, 0.25) is 5.78 Å². The van der Waals surface area contributed by atoms with Gasteiger partial charge in [-0.3, -0.25) is 18.1 Å². The van der Waals surface area contributed by atoms with E-state index in [2.05, 4.69) is 107 Å². The number of rotatable bonds is 9. The van der Waals surface area contributed by atoms with Crippen molar-refractivity contribution < 1.29 is 23.0 Å². The molecule has 0 aliphatic heterocycles. The highest BCUT2D eigenvalue weighted by molar-refractivity contribution is 6.18. The molecule has 15 aromatic rings. The van der Waals surface area contributed by atoms with Crippen LogP contribution in [-0.2, 0) is 5.41 Å². The molecule has 5 aromatic heterocycles. The molecule has 0 fully saturated rings. The van der Waals surface area contributed by atoms with E-state index in [1.807, 2.05) is 114 Å². The number of hydrogen-bond acceptors (Lipinski definition) is 3. The van der Waals surface area contributed by atoms with Crippen molar-refractivity contribution in [3.8, 4) is 67.8 Å². The van der Waals surface area contributed by atoms with Crippen LogP contribution in [0.4, 0.5) is 0 Å². The SMILES string of the molecule is [2H]c1c([2H])c([2H])c(-c2cccc(-c3c([2H])c([2H])c([2H])c([2H])c3[2H])c2-[n+]2[c-]n(-c3cccc(Oc4ccc5c(c4)n(-c4cc(C(C)(C)C)ccn4)c4nc6c7c(ccc6n54)c4ccccc4n7-c4ccccc4)c3)c3cc(-c4ccccc4)ccc32)c([2H])c1[2H]. The zero-order valence-corrected chi connectivity index (χ0v) is 43.0. The zero-order chi connectivity index (χ0) is 61.5. The lowest BCUT2D eigenvalue weighted by molar-refractivity contribution is -0.571. The van der Waals surface area contributed by atoms with E-state index in [-0.39, 0.29) is 33.4 Å². The summed E-state index contributed by atoms with van der Waals surface area (Å²) in [5.41, 5.74) is 11.1. The highest BCUT2D eigenvalue weighted by Gasteiger charge is 2.26. The average molecular weight is 1030 g/mol. The number of para-hydroxylation sites is 3. The minimum atomic E-state index is -0.579. The van der Waals surface area contributed by atoms with E-state index in [1.165, 1.54) is 0 Å². The van der Waals surface area contributed by atoms with Gasteiger partial charge in [-0.15, -0.1) is 0 Å². The largest absolute Gasteiger partial charge is 0.458 e. The molecule has 5 heterocycles. The molecule has 0 atom stereocenters. The van der Waals surface area contributed by atoms with Crippen molar-refractivity contribution in [2.45, 2.75) is 26.2 Å². The summed E-state index contributed by atoms with van der Waals surface area (Å²) in [5.74, 6) is 2.36. The molecule has 0 saturated carbocycles. The van der Waals surface area contributed by atoms with Gasteiger partial charge in [-0.2, -0.15) is 0 Å². The Morgan fingerprint density at radius 1 is 0.506 bits per heavy atom. The van der Waals surface area contributed by atoms with Crippen LogP contribution in [0.25, 0.3) is 117 Å². The van der Waals surface area contributed by atoms with Gasteiger partial charge >= 0.3 is 0 Å². The Kier molecular flexibility index (Phi) is 8.43. The van der Waals surface area contributed by atoms with Crippen LogP contribution in [0.5, 0.6) is 11.5 Å². The quantitative estimate of drug-likeness (QED) is 0.107. The molecule has 376 valence electrons. The second-order valence-electron chi connectivity index (χ2n) is 20.5. The van der Waals surface area contributed by atoms with E-state index >= 15 is 0 Å². The van der Waals surface area contributed by atoms with Gasteiger partial charge in [-0.05, 0) is 123 Å². The van der Waals surface area contributed by atoms with Crippen LogP contribution in [0.1, 0.15) is 40.0 Å². The Hall–Kier alpha value is -10.3. The van der Waals surface area contributed by atoms with Crippen LogP contribution >= 0.6 is 0 Å². The molecule has 0 unspecified atom stereocenters. The molecule has 79 heavy (non-hydrogen) atoms. The Bertz CT molecular complexity index is 5330. The third-order valence-electron chi connectivity index (χ3n) is 14.8. The number of pyridine rings is 1. The fourth-order valence-electron chi connectivity index (χ4n) is 11.1. The molecule has 0 aliphatic carbocycles. The molecule has 10 aromatic carbocycles. The third kappa shape index (κ3) is 7.63. The third-order valence-corrected chi connectivity index (χ3v) is 14.8. The molecule has 15 rings (SSSR count).